The van der Waals surface area contributed by atoms with E-state index in [0.29, 0.717) is 30.5 Å². The van der Waals surface area contributed by atoms with Gasteiger partial charge < -0.3 is 20.1 Å². The topological polar surface area (TPSA) is 182 Å². The van der Waals surface area contributed by atoms with Crippen LogP contribution in [0.5, 0.6) is 0 Å². The second-order valence-electron chi connectivity index (χ2n) is 9.42. The fraction of sp³-hybridized carbons (Fsp3) is 0.480. The molecule has 202 valence electrons. The zero-order chi connectivity index (χ0) is 27.6. The molecular formula is C25H37N6O6+. The van der Waals surface area contributed by atoms with Crippen molar-refractivity contribution >= 4 is 41.2 Å². The van der Waals surface area contributed by atoms with Gasteiger partial charge in [-0.1, -0.05) is 18.2 Å². The number of hydrogen-bond donors (Lipinski definition) is 5. The third kappa shape index (κ3) is 9.13. The van der Waals surface area contributed by atoms with E-state index in [1.807, 2.05) is 12.1 Å². The van der Waals surface area contributed by atoms with Crippen molar-refractivity contribution < 1.29 is 33.6 Å². The van der Waals surface area contributed by atoms with Gasteiger partial charge >= 0.3 is 18.0 Å². The Bertz CT molecular complexity index is 1130. The molecule has 0 saturated heterocycles. The van der Waals surface area contributed by atoms with E-state index in [1.165, 1.54) is 4.57 Å². The minimum Gasteiger partial charge on any atom is -0.464 e. The van der Waals surface area contributed by atoms with Crippen LogP contribution < -0.4 is 27.1 Å². The fourth-order valence-electron chi connectivity index (χ4n) is 3.71. The molecule has 0 fully saturated rings. The SMILES string of the molecule is CCOC(=O)[C@@H](CCC[NH+]=C(N)N)NC(=O)C(Cc1cn(C=O)c2ccccc12)NC(=O)OC(C)(C)C. The van der Waals surface area contributed by atoms with Gasteiger partial charge in [-0.05, 0) is 52.2 Å². The summed E-state index contributed by atoms with van der Waals surface area (Å²) in [6.07, 6.45) is 2.22. The number of aromatic nitrogens is 1. The number of nitrogens with one attached hydrogen (secondary N) is 3. The van der Waals surface area contributed by atoms with Crippen LogP contribution in [0.3, 0.4) is 0 Å². The lowest BCUT2D eigenvalue weighted by Gasteiger charge is -2.25. The predicted octanol–water partition coefficient (Wildman–Crippen LogP) is -0.702. The number of para-hydroxylation sites is 1. The first kappa shape index (κ1) is 29.1. The molecule has 37 heavy (non-hydrogen) atoms. The summed E-state index contributed by atoms with van der Waals surface area (Å²) < 4.78 is 11.9. The van der Waals surface area contributed by atoms with Crippen molar-refractivity contribution in [1.82, 2.24) is 15.2 Å². The summed E-state index contributed by atoms with van der Waals surface area (Å²) >= 11 is 0. The molecular weight excluding hydrogens is 480 g/mol. The minimum atomic E-state index is -1.11. The largest absolute Gasteiger partial charge is 0.464 e. The van der Waals surface area contributed by atoms with Crippen LogP contribution in [0.1, 0.15) is 46.1 Å². The second kappa shape index (κ2) is 13.3. The van der Waals surface area contributed by atoms with Crippen LogP contribution in [0.25, 0.3) is 10.9 Å². The summed E-state index contributed by atoms with van der Waals surface area (Å²) in [5.41, 5.74) is 11.3. The van der Waals surface area contributed by atoms with Gasteiger partial charge in [0.1, 0.15) is 17.7 Å². The fourth-order valence-corrected chi connectivity index (χ4v) is 3.71. The molecule has 0 spiro atoms. The number of guanidine groups is 1. The van der Waals surface area contributed by atoms with E-state index in [9.17, 15) is 19.2 Å². The van der Waals surface area contributed by atoms with Gasteiger partial charge in [0.25, 0.3) is 0 Å². The molecule has 0 saturated carbocycles. The molecule has 2 rings (SSSR count). The van der Waals surface area contributed by atoms with Gasteiger partial charge in [0.05, 0.1) is 18.7 Å². The molecule has 1 aromatic carbocycles. The summed E-state index contributed by atoms with van der Waals surface area (Å²) in [7, 11) is 0. The highest BCUT2D eigenvalue weighted by Gasteiger charge is 2.30. The van der Waals surface area contributed by atoms with Crippen LogP contribution in [-0.2, 0) is 30.3 Å². The van der Waals surface area contributed by atoms with E-state index in [2.05, 4.69) is 15.6 Å². The average molecular weight is 518 g/mol. The van der Waals surface area contributed by atoms with Crippen molar-refractivity contribution in [3.05, 3.63) is 36.0 Å². The van der Waals surface area contributed by atoms with Crippen LogP contribution in [0, 0.1) is 0 Å². The van der Waals surface area contributed by atoms with E-state index >= 15 is 0 Å². The molecule has 0 radical (unpaired) electrons. The highest BCUT2D eigenvalue weighted by atomic mass is 16.6. The molecule has 2 aromatic rings. The number of esters is 1. The summed E-state index contributed by atoms with van der Waals surface area (Å²) in [6.45, 7) is 7.30. The van der Waals surface area contributed by atoms with Crippen molar-refractivity contribution in [2.24, 2.45) is 11.5 Å². The Balaban J connectivity index is 2.31. The number of carbonyl (C=O) groups is 4. The molecule has 12 nitrogen and oxygen atoms in total. The third-order valence-electron chi connectivity index (χ3n) is 5.25. The average Bonchev–Trinajstić information content (AvgIpc) is 3.17. The predicted molar refractivity (Wildman–Crippen MR) is 138 cm³/mol. The highest BCUT2D eigenvalue weighted by Crippen LogP contribution is 2.22. The molecule has 12 heteroatoms. The summed E-state index contributed by atoms with van der Waals surface area (Å²) in [5, 5.41) is 6.04. The van der Waals surface area contributed by atoms with Gasteiger partial charge in [-0.25, -0.2) is 9.59 Å². The molecule has 1 heterocycles. The first-order valence-electron chi connectivity index (χ1n) is 12.1. The summed E-state index contributed by atoms with van der Waals surface area (Å²) in [6, 6.07) is 5.13. The van der Waals surface area contributed by atoms with Crippen LogP contribution in [0.2, 0.25) is 0 Å². The molecule has 0 aliphatic rings. The van der Waals surface area contributed by atoms with E-state index in [4.69, 9.17) is 20.9 Å². The van der Waals surface area contributed by atoms with Gasteiger partial charge in [-0.15, -0.1) is 0 Å². The number of fused-ring (bicyclic) bond motifs is 1. The highest BCUT2D eigenvalue weighted by molar-refractivity contribution is 5.92. The molecule has 0 aliphatic heterocycles. The molecule has 0 bridgehead atoms. The molecule has 2 atom stereocenters. The van der Waals surface area contributed by atoms with Crippen molar-refractivity contribution in [2.75, 3.05) is 13.2 Å². The Morgan fingerprint density at radius 2 is 1.84 bits per heavy atom. The van der Waals surface area contributed by atoms with E-state index in [0.717, 1.165) is 5.39 Å². The number of benzene rings is 1. The van der Waals surface area contributed by atoms with Crippen molar-refractivity contribution in [3.63, 3.8) is 0 Å². The lowest BCUT2D eigenvalue weighted by molar-refractivity contribution is -0.459. The second-order valence-corrected chi connectivity index (χ2v) is 9.42. The van der Waals surface area contributed by atoms with E-state index in [1.54, 1.807) is 46.0 Å². The Kier molecular flexibility index (Phi) is 10.5. The van der Waals surface area contributed by atoms with Crippen molar-refractivity contribution in [1.29, 1.82) is 0 Å². The lowest BCUT2D eigenvalue weighted by atomic mass is 10.0. The Labute approximate surface area is 215 Å². The monoisotopic (exact) mass is 517 g/mol. The standard InChI is InChI=1S/C25H36N6O6/c1-5-36-22(34)18(10-8-12-28-23(26)27)29-21(33)19(30-24(35)37-25(2,3)4)13-16-14-31(15-32)20-11-7-6-9-17(16)20/h6-7,9,11,14-15,18-19H,5,8,10,12-13H2,1-4H3,(H,29,33)(H,30,35)(H4,26,27,28)/p+1/t18-,19?/m1/s1. The maximum atomic E-state index is 13.4. The number of alkyl carbamates (subject to hydrolysis) is 1. The van der Waals surface area contributed by atoms with Gasteiger partial charge in [-0.2, -0.15) is 0 Å². The third-order valence-corrected chi connectivity index (χ3v) is 5.25. The van der Waals surface area contributed by atoms with Crippen LogP contribution in [0.15, 0.2) is 30.5 Å². The van der Waals surface area contributed by atoms with Crippen molar-refractivity contribution in [3.8, 4) is 0 Å². The molecule has 0 aliphatic carbocycles. The Morgan fingerprint density at radius 1 is 1.14 bits per heavy atom. The molecule has 7 N–H and O–H groups in total. The number of nitrogens with two attached hydrogens (primary N) is 2. The van der Waals surface area contributed by atoms with Gasteiger partial charge in [0.2, 0.25) is 12.3 Å². The minimum absolute atomic E-state index is 0.0438. The summed E-state index contributed by atoms with van der Waals surface area (Å²) in [5.74, 6) is -1.16. The first-order chi connectivity index (χ1) is 17.4. The maximum Gasteiger partial charge on any atom is 0.408 e. The van der Waals surface area contributed by atoms with Crippen molar-refractivity contribution in [2.45, 2.75) is 64.6 Å². The Hall–Kier alpha value is -4.09. The van der Waals surface area contributed by atoms with Crippen LogP contribution >= 0.6 is 0 Å². The zero-order valence-corrected chi connectivity index (χ0v) is 21.7. The van der Waals surface area contributed by atoms with Crippen LogP contribution in [0.4, 0.5) is 4.79 Å². The van der Waals surface area contributed by atoms with Gasteiger partial charge in [-0.3, -0.25) is 30.6 Å². The summed E-state index contributed by atoms with van der Waals surface area (Å²) in [4.78, 5) is 52.8. The smallest absolute Gasteiger partial charge is 0.408 e. The quantitative estimate of drug-likeness (QED) is 0.0805. The Morgan fingerprint density at radius 3 is 2.46 bits per heavy atom. The number of rotatable bonds is 12. The normalized spacial score (nSPS) is 12.8. The lowest BCUT2D eigenvalue weighted by Crippen LogP contribution is -2.78. The van der Waals surface area contributed by atoms with E-state index in [-0.39, 0.29) is 25.4 Å². The van der Waals surface area contributed by atoms with E-state index < -0.39 is 35.7 Å². The zero-order valence-electron chi connectivity index (χ0n) is 21.7. The number of nitrogens with zero attached hydrogens (tertiary/aromatic N) is 1. The van der Waals surface area contributed by atoms with Gasteiger partial charge in [0, 0.05) is 18.0 Å². The number of ether oxygens (including phenoxy) is 2. The number of amides is 2. The first-order valence-corrected chi connectivity index (χ1v) is 12.1. The van der Waals surface area contributed by atoms with Crippen LogP contribution in [-0.4, -0.2) is 65.7 Å². The maximum absolute atomic E-state index is 13.4. The van der Waals surface area contributed by atoms with Gasteiger partial charge in [0.15, 0.2) is 0 Å². The molecule has 2 amide bonds. The molecule has 1 aromatic heterocycles. The molecule has 1 unspecified atom stereocenters. The number of hydrogen-bond acceptors (Lipinski definition) is 6. The number of carbonyl (C=O) groups excluding carboxylic acids is 4.